The zero-order valence-corrected chi connectivity index (χ0v) is 18.1. The second kappa shape index (κ2) is 7.54. The fraction of sp³-hybridized carbons (Fsp3) is 0.500. The number of thiophene rings is 1. The minimum atomic E-state index is -3.53. The summed E-state index contributed by atoms with van der Waals surface area (Å²) in [6, 6.07) is 9.79. The van der Waals surface area contributed by atoms with Crippen LogP contribution in [0.1, 0.15) is 44.2 Å². The minimum absolute atomic E-state index is 0.257. The highest BCUT2D eigenvalue weighted by Crippen LogP contribution is 2.43. The van der Waals surface area contributed by atoms with E-state index in [1.165, 1.54) is 10.4 Å². The Kier molecular flexibility index (Phi) is 5.68. The summed E-state index contributed by atoms with van der Waals surface area (Å²) in [5, 5.41) is 2.18. The molecule has 7 heteroatoms. The number of sulfonamides is 1. The Bertz CT molecular complexity index is 890. The van der Waals surface area contributed by atoms with Gasteiger partial charge in [-0.3, -0.25) is 0 Å². The number of nitrogens with zero attached hydrogens (tertiary/aromatic N) is 1. The van der Waals surface area contributed by atoms with Crippen molar-refractivity contribution in [2.75, 3.05) is 18.8 Å². The van der Waals surface area contributed by atoms with Crippen LogP contribution in [0.5, 0.6) is 0 Å². The lowest BCUT2D eigenvalue weighted by Crippen LogP contribution is -2.64. The molecular weight excluding hydrogens is 378 g/mol. The average molecular weight is 409 g/mol. The van der Waals surface area contributed by atoms with Crippen molar-refractivity contribution < 1.29 is 12.9 Å². The summed E-state index contributed by atoms with van der Waals surface area (Å²) < 4.78 is 28.9. The van der Waals surface area contributed by atoms with Crippen LogP contribution >= 0.6 is 11.3 Å². The number of nitrogens with two attached hydrogens (primary N) is 1. The molecule has 3 N–H and O–H groups in total. The lowest BCUT2D eigenvalue weighted by molar-refractivity contribution is -0.994. The molecule has 2 heterocycles. The molecule has 1 aromatic heterocycles. The Morgan fingerprint density at radius 1 is 1.22 bits per heavy atom. The van der Waals surface area contributed by atoms with Crippen molar-refractivity contribution in [1.82, 2.24) is 4.72 Å². The van der Waals surface area contributed by atoms with Gasteiger partial charge in [-0.2, -0.15) is 0 Å². The summed E-state index contributed by atoms with van der Waals surface area (Å²) in [4.78, 5) is 1.70. The third kappa shape index (κ3) is 3.66. The van der Waals surface area contributed by atoms with E-state index < -0.39 is 10.0 Å². The largest absolute Gasteiger partial charge is 0.399 e. The first-order valence-electron chi connectivity index (χ1n) is 9.47. The molecule has 1 aromatic carbocycles. The smallest absolute Gasteiger partial charge is 0.240 e. The van der Waals surface area contributed by atoms with Crippen LogP contribution in [0.25, 0.3) is 0 Å². The SMILES string of the molecule is CC(C)[N+]1(CCNS(=O)(=O)c2ccc(N)cc2)[C@H](C)Cc2ccsc2[C@@H]1C. The van der Waals surface area contributed by atoms with Gasteiger partial charge in [0.2, 0.25) is 10.0 Å². The van der Waals surface area contributed by atoms with Crippen LogP contribution in [-0.2, 0) is 16.4 Å². The molecule has 0 saturated heterocycles. The fourth-order valence-corrected chi connectivity index (χ4v) is 6.80. The first kappa shape index (κ1) is 20.3. The highest BCUT2D eigenvalue weighted by molar-refractivity contribution is 7.89. The normalized spacial score (nSPS) is 25.5. The van der Waals surface area contributed by atoms with E-state index in [1.54, 1.807) is 24.3 Å². The molecule has 1 aliphatic rings. The van der Waals surface area contributed by atoms with Gasteiger partial charge in [0.15, 0.2) is 0 Å². The van der Waals surface area contributed by atoms with Crippen LogP contribution in [0.4, 0.5) is 5.69 Å². The molecule has 27 heavy (non-hydrogen) atoms. The van der Waals surface area contributed by atoms with E-state index in [0.717, 1.165) is 17.4 Å². The molecule has 0 radical (unpaired) electrons. The number of nitrogens with one attached hydrogen (secondary N) is 1. The predicted molar refractivity (Wildman–Crippen MR) is 112 cm³/mol. The summed E-state index contributed by atoms with van der Waals surface area (Å²) in [6.07, 6.45) is 1.05. The zero-order chi connectivity index (χ0) is 19.8. The summed E-state index contributed by atoms with van der Waals surface area (Å²) in [6.45, 7) is 10.3. The van der Waals surface area contributed by atoms with Gasteiger partial charge in [0, 0.05) is 12.1 Å². The van der Waals surface area contributed by atoms with Crippen molar-refractivity contribution in [3.05, 3.63) is 46.2 Å². The number of nitrogen functional groups attached to an aromatic ring is 1. The maximum atomic E-state index is 12.6. The molecule has 0 saturated carbocycles. The van der Waals surface area contributed by atoms with Gasteiger partial charge in [-0.1, -0.05) is 0 Å². The van der Waals surface area contributed by atoms with Gasteiger partial charge < -0.3 is 10.2 Å². The van der Waals surface area contributed by atoms with E-state index >= 15 is 0 Å². The van der Waals surface area contributed by atoms with Crippen molar-refractivity contribution in [2.24, 2.45) is 0 Å². The monoisotopic (exact) mass is 408 g/mol. The lowest BCUT2D eigenvalue weighted by atomic mass is 9.90. The number of anilines is 1. The van der Waals surface area contributed by atoms with Crippen LogP contribution in [0, 0.1) is 0 Å². The average Bonchev–Trinajstić information content (AvgIpc) is 3.06. The zero-order valence-electron chi connectivity index (χ0n) is 16.5. The summed E-state index contributed by atoms with van der Waals surface area (Å²) in [5.41, 5.74) is 7.67. The second-order valence-corrected chi connectivity index (χ2v) is 10.5. The number of benzene rings is 1. The van der Waals surface area contributed by atoms with Crippen molar-refractivity contribution in [1.29, 1.82) is 0 Å². The van der Waals surface area contributed by atoms with Crippen LogP contribution in [0.15, 0.2) is 40.6 Å². The molecule has 0 amide bonds. The Morgan fingerprint density at radius 3 is 2.52 bits per heavy atom. The van der Waals surface area contributed by atoms with Crippen molar-refractivity contribution in [2.45, 2.75) is 57.1 Å². The van der Waals surface area contributed by atoms with Crippen LogP contribution in [0.3, 0.4) is 0 Å². The van der Waals surface area contributed by atoms with Gasteiger partial charge in [0.1, 0.15) is 6.04 Å². The van der Waals surface area contributed by atoms with Gasteiger partial charge in [-0.25, -0.2) is 13.1 Å². The van der Waals surface area contributed by atoms with Crippen molar-refractivity contribution in [3.63, 3.8) is 0 Å². The first-order valence-corrected chi connectivity index (χ1v) is 11.8. The molecule has 0 fully saturated rings. The fourth-order valence-electron chi connectivity index (χ4n) is 4.70. The van der Waals surface area contributed by atoms with Gasteiger partial charge in [0.25, 0.3) is 0 Å². The topological polar surface area (TPSA) is 72.2 Å². The van der Waals surface area contributed by atoms with E-state index in [-0.39, 0.29) is 4.90 Å². The Morgan fingerprint density at radius 2 is 1.89 bits per heavy atom. The highest BCUT2D eigenvalue weighted by atomic mass is 32.2. The summed E-state index contributed by atoms with van der Waals surface area (Å²) in [5.74, 6) is 0. The second-order valence-electron chi connectivity index (χ2n) is 7.82. The van der Waals surface area contributed by atoms with Gasteiger partial charge in [-0.15, -0.1) is 11.3 Å². The standard InChI is InChI=1S/C20H30N3O2S2/c1-14(2)23(15(3)13-17-9-12-26-20(17)16(23)4)11-10-22-27(24,25)19-7-5-18(21)6-8-19/h5-9,12,14-16,22H,10-11,13,21H2,1-4H3/q+1/t15-,16+,23?/m1/s1. The number of quaternary nitrogens is 1. The maximum Gasteiger partial charge on any atom is 0.240 e. The lowest BCUT2D eigenvalue weighted by Gasteiger charge is -2.53. The highest BCUT2D eigenvalue weighted by Gasteiger charge is 2.47. The van der Waals surface area contributed by atoms with E-state index in [0.29, 0.717) is 30.4 Å². The van der Waals surface area contributed by atoms with Crippen LogP contribution in [-0.4, -0.2) is 38.1 Å². The molecule has 2 aromatic rings. The van der Waals surface area contributed by atoms with E-state index in [4.69, 9.17) is 5.73 Å². The van der Waals surface area contributed by atoms with Gasteiger partial charge >= 0.3 is 0 Å². The molecule has 1 unspecified atom stereocenters. The summed E-state index contributed by atoms with van der Waals surface area (Å²) >= 11 is 1.83. The third-order valence-electron chi connectivity index (χ3n) is 6.16. The molecule has 0 bridgehead atoms. The molecule has 0 spiro atoms. The number of rotatable bonds is 6. The number of hydrogen-bond donors (Lipinski definition) is 2. The van der Waals surface area contributed by atoms with Crippen LogP contribution < -0.4 is 10.5 Å². The quantitative estimate of drug-likeness (QED) is 0.567. The van der Waals surface area contributed by atoms with Gasteiger partial charge in [-0.05, 0) is 69.0 Å². The predicted octanol–water partition coefficient (Wildman–Crippen LogP) is 3.54. The molecule has 5 nitrogen and oxygen atoms in total. The number of fused-ring (bicyclic) bond motifs is 1. The van der Waals surface area contributed by atoms with Gasteiger partial charge in [0.05, 0.1) is 34.9 Å². The molecular formula is C20H30N3O2S2+. The first-order chi connectivity index (χ1) is 12.7. The molecule has 148 valence electrons. The third-order valence-corrected chi connectivity index (χ3v) is 8.77. The van der Waals surface area contributed by atoms with Crippen molar-refractivity contribution in [3.8, 4) is 0 Å². The Hall–Kier alpha value is -1.41. The molecule has 3 rings (SSSR count). The van der Waals surface area contributed by atoms with Crippen LogP contribution in [0.2, 0.25) is 0 Å². The number of hydrogen-bond acceptors (Lipinski definition) is 4. The van der Waals surface area contributed by atoms with E-state index in [2.05, 4.69) is 43.9 Å². The Balaban J connectivity index is 1.79. The molecule has 3 atom stereocenters. The van der Waals surface area contributed by atoms with E-state index in [1.807, 2.05) is 11.3 Å². The molecule has 1 aliphatic heterocycles. The van der Waals surface area contributed by atoms with E-state index in [9.17, 15) is 8.42 Å². The minimum Gasteiger partial charge on any atom is -0.399 e. The molecule has 0 aliphatic carbocycles. The Labute approximate surface area is 166 Å². The summed E-state index contributed by atoms with van der Waals surface area (Å²) in [7, 11) is -3.53. The maximum absolute atomic E-state index is 12.6. The van der Waals surface area contributed by atoms with Crippen molar-refractivity contribution >= 4 is 27.0 Å².